The van der Waals surface area contributed by atoms with Crippen molar-refractivity contribution in [2.45, 2.75) is 19.3 Å². The van der Waals surface area contributed by atoms with Crippen molar-refractivity contribution < 1.29 is 0 Å². The molecule has 0 spiro atoms. The number of nitrogens with zero attached hydrogens (tertiary/aromatic N) is 3. The number of rotatable bonds is 3. The molecule has 4 nitrogen and oxygen atoms in total. The van der Waals surface area contributed by atoms with Gasteiger partial charge in [-0.2, -0.15) is 5.10 Å². The van der Waals surface area contributed by atoms with Crippen molar-refractivity contribution in [1.29, 1.82) is 0 Å². The maximum absolute atomic E-state index is 4.38. The number of aromatic nitrogens is 2. The topological polar surface area (TPSA) is 35.2 Å². The molecule has 4 heteroatoms. The molecule has 0 saturated carbocycles. The first-order valence-electron chi connectivity index (χ1n) is 11.1. The second kappa shape index (κ2) is 6.86. The lowest BCUT2D eigenvalue weighted by atomic mass is 9.69. The standard InChI is InChI=1S/C28H26N4/c1-19-7-9-23-24-10-8-20(2)16-26(24)28(25(23)15-19,27-11-12-29-30-27)21-5-4-6-22(17-21)32-14-13-31(3)18-32/h4-17H,18H2,1-3H3,(H,29,30). The van der Waals surface area contributed by atoms with Gasteiger partial charge in [-0.25, -0.2) is 0 Å². The van der Waals surface area contributed by atoms with E-state index in [1.54, 1.807) is 0 Å². The van der Waals surface area contributed by atoms with Crippen LogP contribution in [-0.4, -0.2) is 28.8 Å². The fourth-order valence-electron chi connectivity index (χ4n) is 5.39. The van der Waals surface area contributed by atoms with Crippen LogP contribution < -0.4 is 4.90 Å². The highest BCUT2D eigenvalue weighted by Crippen LogP contribution is 2.56. The number of nitrogens with one attached hydrogen (secondary N) is 1. The van der Waals surface area contributed by atoms with Crippen LogP contribution in [0.2, 0.25) is 0 Å². The van der Waals surface area contributed by atoms with Gasteiger partial charge in [0.25, 0.3) is 0 Å². The Hall–Kier alpha value is -3.79. The number of aromatic amines is 1. The Bertz CT molecular complexity index is 1300. The van der Waals surface area contributed by atoms with E-state index in [4.69, 9.17) is 0 Å². The Morgan fingerprint density at radius 3 is 2.16 bits per heavy atom. The summed E-state index contributed by atoms with van der Waals surface area (Å²) in [6, 6.07) is 24.8. The molecule has 0 amide bonds. The lowest BCUT2D eigenvalue weighted by Gasteiger charge is -2.33. The van der Waals surface area contributed by atoms with Gasteiger partial charge in [-0.1, -0.05) is 59.7 Å². The van der Waals surface area contributed by atoms with Crippen LogP contribution in [0, 0.1) is 13.8 Å². The minimum Gasteiger partial charge on any atom is -0.361 e. The van der Waals surface area contributed by atoms with Gasteiger partial charge in [0.15, 0.2) is 0 Å². The molecule has 1 N–H and O–H groups in total. The molecule has 6 rings (SSSR count). The van der Waals surface area contributed by atoms with E-state index in [9.17, 15) is 0 Å². The van der Waals surface area contributed by atoms with Gasteiger partial charge in [0, 0.05) is 31.3 Å². The van der Waals surface area contributed by atoms with Gasteiger partial charge in [-0.3, -0.25) is 5.10 Å². The Morgan fingerprint density at radius 2 is 1.56 bits per heavy atom. The van der Waals surface area contributed by atoms with Crippen LogP contribution in [0.25, 0.3) is 11.1 Å². The van der Waals surface area contributed by atoms with Crippen molar-refractivity contribution in [2.24, 2.45) is 0 Å². The monoisotopic (exact) mass is 418 g/mol. The second-order valence-corrected chi connectivity index (χ2v) is 9.04. The quantitative estimate of drug-likeness (QED) is 0.416. The van der Waals surface area contributed by atoms with Crippen molar-refractivity contribution in [2.75, 3.05) is 18.6 Å². The van der Waals surface area contributed by atoms with E-state index in [0.29, 0.717) is 0 Å². The summed E-state index contributed by atoms with van der Waals surface area (Å²) >= 11 is 0. The summed E-state index contributed by atoms with van der Waals surface area (Å²) in [5.41, 5.74) is 10.8. The minimum absolute atomic E-state index is 0.440. The number of hydrogen-bond acceptors (Lipinski definition) is 3. The van der Waals surface area contributed by atoms with Gasteiger partial charge in [0.05, 0.1) is 17.8 Å². The average Bonchev–Trinajstić information content (AvgIpc) is 3.52. The normalized spacial score (nSPS) is 15.8. The zero-order chi connectivity index (χ0) is 21.9. The van der Waals surface area contributed by atoms with E-state index in [2.05, 4.69) is 120 Å². The fraction of sp³-hybridized carbons (Fsp3) is 0.179. The zero-order valence-electron chi connectivity index (χ0n) is 18.6. The van der Waals surface area contributed by atoms with E-state index in [0.717, 1.165) is 12.4 Å². The number of aryl methyl sites for hydroxylation is 2. The highest BCUT2D eigenvalue weighted by Gasteiger charge is 2.47. The van der Waals surface area contributed by atoms with Gasteiger partial charge in [-0.05, 0) is 59.9 Å². The molecule has 2 aliphatic rings. The van der Waals surface area contributed by atoms with Gasteiger partial charge in [0.2, 0.25) is 0 Å². The van der Waals surface area contributed by atoms with Crippen LogP contribution in [0.3, 0.4) is 0 Å². The number of benzene rings is 3. The third-order valence-electron chi connectivity index (χ3n) is 6.84. The summed E-state index contributed by atoms with van der Waals surface area (Å²) in [6.45, 7) is 5.20. The van der Waals surface area contributed by atoms with Gasteiger partial charge in [-0.15, -0.1) is 0 Å². The lowest BCUT2D eigenvalue weighted by molar-refractivity contribution is 0.495. The second-order valence-electron chi connectivity index (χ2n) is 9.04. The molecule has 1 aliphatic heterocycles. The summed E-state index contributed by atoms with van der Waals surface area (Å²) < 4.78 is 0. The first-order valence-corrected chi connectivity index (χ1v) is 11.1. The predicted molar refractivity (Wildman–Crippen MR) is 130 cm³/mol. The minimum atomic E-state index is -0.440. The molecular weight excluding hydrogens is 392 g/mol. The smallest absolute Gasteiger partial charge is 0.0938 e. The van der Waals surface area contributed by atoms with Crippen molar-refractivity contribution in [3.8, 4) is 11.1 Å². The van der Waals surface area contributed by atoms with Crippen molar-refractivity contribution in [3.05, 3.63) is 119 Å². The largest absolute Gasteiger partial charge is 0.361 e. The van der Waals surface area contributed by atoms with Crippen LogP contribution in [-0.2, 0) is 5.41 Å². The van der Waals surface area contributed by atoms with E-state index < -0.39 is 5.41 Å². The van der Waals surface area contributed by atoms with Crippen LogP contribution in [0.15, 0.2) is 85.3 Å². The van der Waals surface area contributed by atoms with Gasteiger partial charge >= 0.3 is 0 Å². The molecule has 4 aromatic rings. The van der Waals surface area contributed by atoms with Crippen molar-refractivity contribution in [3.63, 3.8) is 0 Å². The van der Waals surface area contributed by atoms with Crippen LogP contribution in [0.1, 0.15) is 33.5 Å². The van der Waals surface area contributed by atoms with E-state index in [-0.39, 0.29) is 0 Å². The van der Waals surface area contributed by atoms with Crippen LogP contribution in [0.5, 0.6) is 0 Å². The number of hydrogen-bond donors (Lipinski definition) is 1. The van der Waals surface area contributed by atoms with Crippen LogP contribution in [0.4, 0.5) is 5.69 Å². The summed E-state index contributed by atoms with van der Waals surface area (Å²) in [5, 5.41) is 7.73. The first kappa shape index (κ1) is 18.9. The number of fused-ring (bicyclic) bond motifs is 3. The Balaban J connectivity index is 1.69. The Labute approximate surface area is 188 Å². The third-order valence-corrected chi connectivity index (χ3v) is 6.84. The predicted octanol–water partition coefficient (Wildman–Crippen LogP) is 5.57. The molecule has 0 saturated heterocycles. The van der Waals surface area contributed by atoms with E-state index in [1.807, 2.05) is 6.20 Å². The Kier molecular flexibility index (Phi) is 4.06. The summed E-state index contributed by atoms with van der Waals surface area (Å²) in [6.07, 6.45) is 6.12. The average molecular weight is 419 g/mol. The molecule has 1 aliphatic carbocycles. The molecule has 3 aromatic carbocycles. The Morgan fingerprint density at radius 1 is 0.844 bits per heavy atom. The van der Waals surface area contributed by atoms with E-state index >= 15 is 0 Å². The molecule has 0 bridgehead atoms. The maximum Gasteiger partial charge on any atom is 0.0938 e. The fourth-order valence-corrected chi connectivity index (χ4v) is 5.39. The SMILES string of the molecule is Cc1ccc2c(c1)C(c1cccc(N3C=CN(C)C3)c1)(c1ccn[nH]1)c1cc(C)ccc1-2. The molecule has 158 valence electrons. The zero-order valence-corrected chi connectivity index (χ0v) is 18.6. The van der Waals surface area contributed by atoms with Crippen molar-refractivity contribution in [1.82, 2.24) is 15.1 Å². The lowest BCUT2D eigenvalue weighted by Crippen LogP contribution is -2.30. The molecule has 0 atom stereocenters. The summed E-state index contributed by atoms with van der Waals surface area (Å²) in [7, 11) is 2.10. The number of H-pyrrole nitrogens is 1. The van der Waals surface area contributed by atoms with Gasteiger partial charge in [0.1, 0.15) is 0 Å². The molecule has 32 heavy (non-hydrogen) atoms. The van der Waals surface area contributed by atoms with Crippen LogP contribution >= 0.6 is 0 Å². The van der Waals surface area contributed by atoms with E-state index in [1.165, 1.54) is 44.6 Å². The highest BCUT2D eigenvalue weighted by molar-refractivity contribution is 5.86. The summed E-state index contributed by atoms with van der Waals surface area (Å²) in [4.78, 5) is 4.47. The molecule has 0 fully saturated rings. The third kappa shape index (κ3) is 2.59. The van der Waals surface area contributed by atoms with Gasteiger partial charge < -0.3 is 9.80 Å². The molecule has 0 radical (unpaired) electrons. The summed E-state index contributed by atoms with van der Waals surface area (Å²) in [5.74, 6) is 0. The van der Waals surface area contributed by atoms with Crippen molar-refractivity contribution >= 4 is 5.69 Å². The first-order chi connectivity index (χ1) is 15.6. The molecule has 2 heterocycles. The number of anilines is 1. The molecule has 0 unspecified atom stereocenters. The molecular formula is C28H26N4. The molecule has 1 aromatic heterocycles. The highest BCUT2D eigenvalue weighted by atomic mass is 15.3. The maximum atomic E-state index is 4.38.